The van der Waals surface area contributed by atoms with Gasteiger partial charge in [-0.2, -0.15) is 0 Å². The standard InChI is InChI=1S/C14H20N2O2/c1-11(18)16-9-4-5-12-7-8-13(15-14(12)16)6-2-3-10-17/h7-8,17H,2-6,9-10H2,1H3. The Morgan fingerprint density at radius 1 is 1.44 bits per heavy atom. The topological polar surface area (TPSA) is 53.4 Å². The number of unbranched alkanes of at least 4 members (excludes halogenated alkanes) is 1. The largest absolute Gasteiger partial charge is 0.396 e. The molecule has 0 saturated carbocycles. The molecule has 0 bridgehead atoms. The predicted molar refractivity (Wildman–Crippen MR) is 70.6 cm³/mol. The van der Waals surface area contributed by atoms with Crippen LogP contribution in [0.2, 0.25) is 0 Å². The molecule has 0 spiro atoms. The second kappa shape index (κ2) is 5.96. The van der Waals surface area contributed by atoms with Crippen LogP contribution in [0, 0.1) is 0 Å². The van der Waals surface area contributed by atoms with Gasteiger partial charge in [-0.05, 0) is 43.7 Å². The van der Waals surface area contributed by atoms with E-state index in [2.05, 4.69) is 11.1 Å². The highest BCUT2D eigenvalue weighted by Crippen LogP contribution is 2.25. The number of aliphatic hydroxyl groups excluding tert-OH is 1. The molecule has 0 fully saturated rings. The molecule has 2 heterocycles. The first-order chi connectivity index (χ1) is 8.72. The number of hydrogen-bond acceptors (Lipinski definition) is 3. The van der Waals surface area contributed by atoms with Gasteiger partial charge in [0.1, 0.15) is 5.82 Å². The third-order valence-corrected chi connectivity index (χ3v) is 3.32. The monoisotopic (exact) mass is 248 g/mol. The van der Waals surface area contributed by atoms with Gasteiger partial charge in [0.05, 0.1) is 0 Å². The zero-order valence-corrected chi connectivity index (χ0v) is 10.9. The van der Waals surface area contributed by atoms with E-state index in [1.165, 1.54) is 5.56 Å². The van der Waals surface area contributed by atoms with Gasteiger partial charge >= 0.3 is 0 Å². The van der Waals surface area contributed by atoms with E-state index < -0.39 is 0 Å². The van der Waals surface area contributed by atoms with Crippen LogP contribution in [0.1, 0.15) is 37.4 Å². The zero-order chi connectivity index (χ0) is 13.0. The van der Waals surface area contributed by atoms with Crippen molar-refractivity contribution in [2.24, 2.45) is 0 Å². The second-order valence-corrected chi connectivity index (χ2v) is 4.74. The molecule has 4 heteroatoms. The minimum absolute atomic E-state index is 0.0657. The molecule has 0 atom stereocenters. The van der Waals surface area contributed by atoms with Gasteiger partial charge in [-0.3, -0.25) is 9.69 Å². The molecule has 1 aromatic heterocycles. The summed E-state index contributed by atoms with van der Waals surface area (Å²) in [6, 6.07) is 4.13. The Morgan fingerprint density at radius 2 is 2.28 bits per heavy atom. The molecule has 0 saturated heterocycles. The third kappa shape index (κ3) is 2.88. The molecule has 1 N–H and O–H groups in total. The van der Waals surface area contributed by atoms with Gasteiger partial charge in [0.2, 0.25) is 5.91 Å². The van der Waals surface area contributed by atoms with E-state index >= 15 is 0 Å². The van der Waals surface area contributed by atoms with Crippen LogP contribution < -0.4 is 4.90 Å². The number of fused-ring (bicyclic) bond motifs is 1. The number of anilines is 1. The van der Waals surface area contributed by atoms with E-state index in [1.807, 2.05) is 6.07 Å². The molecule has 98 valence electrons. The normalized spacial score (nSPS) is 14.4. The van der Waals surface area contributed by atoms with Gasteiger partial charge in [-0.15, -0.1) is 0 Å². The van der Waals surface area contributed by atoms with Gasteiger partial charge in [-0.25, -0.2) is 4.98 Å². The van der Waals surface area contributed by atoms with Gasteiger partial charge < -0.3 is 5.11 Å². The van der Waals surface area contributed by atoms with Crippen molar-refractivity contribution in [1.29, 1.82) is 0 Å². The maximum atomic E-state index is 11.6. The highest BCUT2D eigenvalue weighted by atomic mass is 16.2. The lowest BCUT2D eigenvalue weighted by Gasteiger charge is -2.27. The van der Waals surface area contributed by atoms with Gasteiger partial charge in [0, 0.05) is 25.8 Å². The number of amides is 1. The molecule has 18 heavy (non-hydrogen) atoms. The number of nitrogens with zero attached hydrogens (tertiary/aromatic N) is 2. The van der Waals surface area contributed by atoms with Crippen molar-refractivity contribution >= 4 is 11.7 Å². The molecule has 0 aliphatic carbocycles. The number of aliphatic hydroxyl groups is 1. The van der Waals surface area contributed by atoms with Gasteiger partial charge in [0.25, 0.3) is 0 Å². The SMILES string of the molecule is CC(=O)N1CCCc2ccc(CCCCO)nc21. The Bertz CT molecular complexity index is 432. The summed E-state index contributed by atoms with van der Waals surface area (Å²) >= 11 is 0. The highest BCUT2D eigenvalue weighted by molar-refractivity contribution is 5.91. The highest BCUT2D eigenvalue weighted by Gasteiger charge is 2.21. The number of carbonyl (C=O) groups excluding carboxylic acids is 1. The first-order valence-corrected chi connectivity index (χ1v) is 6.60. The molecule has 1 aliphatic rings. The Labute approximate surface area is 108 Å². The maximum Gasteiger partial charge on any atom is 0.225 e. The molecule has 1 aromatic rings. The van der Waals surface area contributed by atoms with Crippen molar-refractivity contribution in [2.45, 2.75) is 39.0 Å². The van der Waals surface area contributed by atoms with Crippen molar-refractivity contribution in [3.05, 3.63) is 23.4 Å². The molecule has 1 aliphatic heterocycles. The summed E-state index contributed by atoms with van der Waals surface area (Å²) in [6.07, 6.45) is 4.61. The van der Waals surface area contributed by atoms with Crippen molar-refractivity contribution in [3.8, 4) is 0 Å². The molecule has 1 amide bonds. The van der Waals surface area contributed by atoms with Crippen LogP contribution in [0.15, 0.2) is 12.1 Å². The lowest BCUT2D eigenvalue weighted by atomic mass is 10.0. The van der Waals surface area contributed by atoms with E-state index in [0.29, 0.717) is 0 Å². The zero-order valence-electron chi connectivity index (χ0n) is 10.9. The number of hydrogen-bond donors (Lipinski definition) is 1. The smallest absolute Gasteiger partial charge is 0.225 e. The average molecular weight is 248 g/mol. The van der Waals surface area contributed by atoms with Gasteiger partial charge in [0.15, 0.2) is 0 Å². The summed E-state index contributed by atoms with van der Waals surface area (Å²) in [5.74, 6) is 0.909. The molecule has 0 radical (unpaired) electrons. The summed E-state index contributed by atoms with van der Waals surface area (Å²) < 4.78 is 0. The third-order valence-electron chi connectivity index (χ3n) is 3.32. The first-order valence-electron chi connectivity index (χ1n) is 6.60. The Morgan fingerprint density at radius 3 is 3.00 bits per heavy atom. The van der Waals surface area contributed by atoms with Gasteiger partial charge in [-0.1, -0.05) is 6.07 Å². The fraction of sp³-hybridized carbons (Fsp3) is 0.571. The minimum Gasteiger partial charge on any atom is -0.396 e. The molecular weight excluding hydrogens is 228 g/mol. The van der Waals surface area contributed by atoms with E-state index in [9.17, 15) is 4.79 Å². The number of rotatable bonds is 4. The van der Waals surface area contributed by atoms with Crippen LogP contribution in [0.5, 0.6) is 0 Å². The lowest BCUT2D eigenvalue weighted by molar-refractivity contribution is -0.116. The van der Waals surface area contributed by atoms with E-state index in [-0.39, 0.29) is 12.5 Å². The second-order valence-electron chi connectivity index (χ2n) is 4.74. The molecule has 4 nitrogen and oxygen atoms in total. The van der Waals surface area contributed by atoms with E-state index in [0.717, 1.165) is 50.2 Å². The Kier molecular flexibility index (Phi) is 4.31. The first kappa shape index (κ1) is 13.0. The fourth-order valence-electron chi connectivity index (χ4n) is 2.34. The quantitative estimate of drug-likeness (QED) is 0.825. The van der Waals surface area contributed by atoms with Crippen LogP contribution in [-0.2, 0) is 17.6 Å². The van der Waals surface area contributed by atoms with Crippen LogP contribution >= 0.6 is 0 Å². The maximum absolute atomic E-state index is 11.6. The summed E-state index contributed by atoms with van der Waals surface area (Å²) in [7, 11) is 0. The van der Waals surface area contributed by atoms with Crippen LogP contribution in [0.4, 0.5) is 5.82 Å². The lowest BCUT2D eigenvalue weighted by Crippen LogP contribution is -2.34. The van der Waals surface area contributed by atoms with Crippen molar-refractivity contribution in [1.82, 2.24) is 4.98 Å². The number of aryl methyl sites for hydroxylation is 2. The van der Waals surface area contributed by atoms with Crippen molar-refractivity contribution in [2.75, 3.05) is 18.1 Å². The molecule has 2 rings (SSSR count). The molecule has 0 aromatic carbocycles. The molecular formula is C14H20N2O2. The van der Waals surface area contributed by atoms with E-state index in [4.69, 9.17) is 5.11 Å². The minimum atomic E-state index is 0.0657. The van der Waals surface area contributed by atoms with Crippen LogP contribution in [-0.4, -0.2) is 29.1 Å². The number of aromatic nitrogens is 1. The Balaban J connectivity index is 2.17. The summed E-state index contributed by atoms with van der Waals surface area (Å²) in [5.41, 5.74) is 2.18. The summed E-state index contributed by atoms with van der Waals surface area (Å²) in [5, 5.41) is 8.78. The van der Waals surface area contributed by atoms with Crippen molar-refractivity contribution < 1.29 is 9.90 Å². The summed E-state index contributed by atoms with van der Waals surface area (Å²) in [4.78, 5) is 18.0. The van der Waals surface area contributed by atoms with Crippen LogP contribution in [0.25, 0.3) is 0 Å². The van der Waals surface area contributed by atoms with Crippen molar-refractivity contribution in [3.63, 3.8) is 0 Å². The average Bonchev–Trinajstić information content (AvgIpc) is 2.38. The predicted octanol–water partition coefficient (Wildman–Crippen LogP) is 1.70. The Hall–Kier alpha value is -1.42. The van der Waals surface area contributed by atoms with Crippen LogP contribution in [0.3, 0.4) is 0 Å². The number of carbonyl (C=O) groups is 1. The number of pyridine rings is 1. The summed E-state index contributed by atoms with van der Waals surface area (Å²) in [6.45, 7) is 2.59. The molecule has 0 unspecified atom stereocenters. The van der Waals surface area contributed by atoms with E-state index in [1.54, 1.807) is 11.8 Å². The fourth-order valence-corrected chi connectivity index (χ4v) is 2.34.